The number of nitrogens with one attached hydrogen (secondary N) is 1. The summed E-state index contributed by atoms with van der Waals surface area (Å²) in [5, 5.41) is 10.8. The number of benzene rings is 1. The normalized spacial score (nSPS) is 15.2. The van der Waals surface area contributed by atoms with Crippen molar-refractivity contribution in [2.75, 3.05) is 26.2 Å². The van der Waals surface area contributed by atoms with Crippen LogP contribution in [0.3, 0.4) is 0 Å². The van der Waals surface area contributed by atoms with Gasteiger partial charge in [-0.3, -0.25) is 14.5 Å². The lowest BCUT2D eigenvalue weighted by Crippen LogP contribution is -2.51. The Kier molecular flexibility index (Phi) is 6.79. The Morgan fingerprint density at radius 2 is 1.74 bits per heavy atom. The molecule has 0 unspecified atom stereocenters. The number of aromatic nitrogens is 2. The van der Waals surface area contributed by atoms with Crippen molar-refractivity contribution in [3.05, 3.63) is 81.7 Å². The van der Waals surface area contributed by atoms with Crippen molar-refractivity contribution in [1.82, 2.24) is 25.3 Å². The quantitative estimate of drug-likeness (QED) is 0.422. The molecule has 2 amide bonds. The number of hydrogen-bond donors (Lipinski definition) is 1. The van der Waals surface area contributed by atoms with Crippen LogP contribution in [0.1, 0.15) is 27.2 Å². The van der Waals surface area contributed by atoms with Gasteiger partial charge in [-0.2, -0.15) is 4.98 Å². The molecule has 0 bridgehead atoms. The molecular formula is C24H23N5O3S2. The predicted molar refractivity (Wildman–Crippen MR) is 130 cm³/mol. The second-order valence-corrected chi connectivity index (χ2v) is 9.78. The zero-order valence-corrected chi connectivity index (χ0v) is 19.9. The fourth-order valence-corrected chi connectivity index (χ4v) is 5.14. The van der Waals surface area contributed by atoms with E-state index in [1.807, 2.05) is 64.2 Å². The first-order valence-corrected chi connectivity index (χ1v) is 12.7. The van der Waals surface area contributed by atoms with E-state index in [1.165, 1.54) is 11.3 Å². The summed E-state index contributed by atoms with van der Waals surface area (Å²) in [7, 11) is 0. The van der Waals surface area contributed by atoms with E-state index >= 15 is 0 Å². The molecule has 4 heterocycles. The smallest absolute Gasteiger partial charge is 0.262 e. The van der Waals surface area contributed by atoms with Gasteiger partial charge in [0.1, 0.15) is 6.04 Å². The Bertz CT molecular complexity index is 1220. The lowest BCUT2D eigenvalue weighted by molar-refractivity contribution is -0.135. The monoisotopic (exact) mass is 493 g/mol. The SMILES string of the molecule is O=C(N[C@@H](C(=O)N1CCN(Cc2nc(-c3cccs3)no2)CC1)c1ccccc1)c1cccs1. The third kappa shape index (κ3) is 5.09. The maximum atomic E-state index is 13.5. The average Bonchev–Trinajstić information content (AvgIpc) is 3.66. The largest absolute Gasteiger partial charge is 0.338 e. The number of carbonyl (C=O) groups is 2. The average molecular weight is 494 g/mol. The van der Waals surface area contributed by atoms with Gasteiger partial charge >= 0.3 is 0 Å². The van der Waals surface area contributed by atoms with Gasteiger partial charge in [0.15, 0.2) is 0 Å². The van der Waals surface area contributed by atoms with E-state index < -0.39 is 6.04 Å². The molecule has 8 nitrogen and oxygen atoms in total. The van der Waals surface area contributed by atoms with Gasteiger partial charge in [-0.1, -0.05) is 47.6 Å². The lowest BCUT2D eigenvalue weighted by atomic mass is 10.0. The molecule has 0 saturated carbocycles. The van der Waals surface area contributed by atoms with Crippen LogP contribution in [0.2, 0.25) is 0 Å². The minimum absolute atomic E-state index is 0.103. The van der Waals surface area contributed by atoms with E-state index in [-0.39, 0.29) is 11.8 Å². The van der Waals surface area contributed by atoms with Crippen molar-refractivity contribution in [3.8, 4) is 10.7 Å². The van der Waals surface area contributed by atoms with Crippen LogP contribution in [0.15, 0.2) is 69.9 Å². The number of carbonyl (C=O) groups excluding carboxylic acids is 2. The van der Waals surface area contributed by atoms with Gasteiger partial charge in [0.25, 0.3) is 5.91 Å². The molecule has 1 aliphatic rings. The first-order valence-electron chi connectivity index (χ1n) is 10.9. The van der Waals surface area contributed by atoms with E-state index in [9.17, 15) is 9.59 Å². The zero-order chi connectivity index (χ0) is 23.3. The molecule has 0 radical (unpaired) electrons. The summed E-state index contributed by atoms with van der Waals surface area (Å²) in [6, 6.07) is 16.2. The summed E-state index contributed by atoms with van der Waals surface area (Å²) in [4.78, 5) is 36.2. The topological polar surface area (TPSA) is 91.6 Å². The fraction of sp³-hybridized carbons (Fsp3) is 0.250. The van der Waals surface area contributed by atoms with Crippen LogP contribution >= 0.6 is 22.7 Å². The molecule has 1 fully saturated rings. The molecular weight excluding hydrogens is 470 g/mol. The second kappa shape index (κ2) is 10.3. The molecule has 1 atom stereocenters. The number of nitrogens with zero attached hydrogens (tertiary/aromatic N) is 4. The first kappa shape index (κ1) is 22.5. The fourth-order valence-electron chi connectivity index (χ4n) is 3.87. The summed E-state index contributed by atoms with van der Waals surface area (Å²) in [6.07, 6.45) is 0. The summed E-state index contributed by atoms with van der Waals surface area (Å²) in [5.74, 6) is 0.821. The highest BCUT2D eigenvalue weighted by Crippen LogP contribution is 2.22. The van der Waals surface area contributed by atoms with Crippen LogP contribution in [0, 0.1) is 0 Å². The zero-order valence-electron chi connectivity index (χ0n) is 18.3. The molecule has 34 heavy (non-hydrogen) atoms. The van der Waals surface area contributed by atoms with Crippen molar-refractivity contribution in [2.24, 2.45) is 0 Å². The molecule has 3 aromatic heterocycles. The van der Waals surface area contributed by atoms with Gasteiger partial charge in [0.05, 0.1) is 16.3 Å². The number of rotatable bonds is 7. The highest BCUT2D eigenvalue weighted by molar-refractivity contribution is 7.13. The molecule has 1 aromatic carbocycles. The number of hydrogen-bond acceptors (Lipinski definition) is 8. The Hall–Kier alpha value is -3.34. The van der Waals surface area contributed by atoms with Gasteiger partial charge in [-0.25, -0.2) is 0 Å². The second-order valence-electron chi connectivity index (χ2n) is 7.88. The molecule has 1 saturated heterocycles. The number of piperazine rings is 1. The summed E-state index contributed by atoms with van der Waals surface area (Å²) in [5.41, 5.74) is 0.770. The van der Waals surface area contributed by atoms with Crippen molar-refractivity contribution in [1.29, 1.82) is 0 Å². The molecule has 174 valence electrons. The van der Waals surface area contributed by atoms with Crippen molar-refractivity contribution in [3.63, 3.8) is 0 Å². The summed E-state index contributed by atoms with van der Waals surface area (Å²) in [6.45, 7) is 3.02. The van der Waals surface area contributed by atoms with Crippen LogP contribution in [-0.4, -0.2) is 57.9 Å². The number of thiophene rings is 2. The van der Waals surface area contributed by atoms with Crippen molar-refractivity contribution < 1.29 is 14.1 Å². The molecule has 4 aromatic rings. The molecule has 1 aliphatic heterocycles. The predicted octanol–water partition coefficient (Wildman–Crippen LogP) is 3.68. The highest BCUT2D eigenvalue weighted by Gasteiger charge is 2.30. The Morgan fingerprint density at radius 1 is 0.971 bits per heavy atom. The Labute approximate surface area is 204 Å². The first-order chi connectivity index (χ1) is 16.7. The summed E-state index contributed by atoms with van der Waals surface area (Å²) < 4.78 is 5.42. The van der Waals surface area contributed by atoms with Crippen LogP contribution in [0.5, 0.6) is 0 Å². The Morgan fingerprint density at radius 3 is 2.44 bits per heavy atom. The van der Waals surface area contributed by atoms with Gasteiger partial charge < -0.3 is 14.7 Å². The molecule has 5 rings (SSSR count). The van der Waals surface area contributed by atoms with Crippen molar-refractivity contribution >= 4 is 34.5 Å². The minimum atomic E-state index is -0.730. The van der Waals surface area contributed by atoms with E-state index in [4.69, 9.17) is 4.52 Å². The van der Waals surface area contributed by atoms with E-state index in [2.05, 4.69) is 20.4 Å². The van der Waals surface area contributed by atoms with Gasteiger partial charge in [-0.15, -0.1) is 22.7 Å². The van der Waals surface area contributed by atoms with Crippen molar-refractivity contribution in [2.45, 2.75) is 12.6 Å². The van der Waals surface area contributed by atoms with E-state index in [1.54, 1.807) is 17.4 Å². The van der Waals surface area contributed by atoms with Gasteiger partial charge in [0, 0.05) is 26.2 Å². The molecule has 10 heteroatoms. The maximum absolute atomic E-state index is 13.5. The van der Waals surface area contributed by atoms with Crippen LogP contribution in [-0.2, 0) is 11.3 Å². The van der Waals surface area contributed by atoms with Gasteiger partial charge in [-0.05, 0) is 28.5 Å². The van der Waals surface area contributed by atoms with Gasteiger partial charge in [0.2, 0.25) is 17.6 Å². The van der Waals surface area contributed by atoms with E-state index in [0.29, 0.717) is 49.3 Å². The standard InChI is InChI=1S/C24H23N5O3S2/c30-23(19-9-5-15-34-19)26-21(17-6-2-1-3-7-17)24(31)29-12-10-28(11-13-29)16-20-25-22(27-32-20)18-8-4-14-33-18/h1-9,14-15,21H,10-13,16H2,(H,26,30)/t21-/m1/s1. The third-order valence-electron chi connectivity index (χ3n) is 5.65. The van der Waals surface area contributed by atoms with Crippen LogP contribution in [0.4, 0.5) is 0 Å². The summed E-state index contributed by atoms with van der Waals surface area (Å²) >= 11 is 2.93. The maximum Gasteiger partial charge on any atom is 0.262 e. The number of amides is 2. The molecule has 0 aliphatic carbocycles. The molecule has 0 spiro atoms. The third-order valence-corrected chi connectivity index (χ3v) is 7.39. The van der Waals surface area contributed by atoms with Crippen LogP contribution in [0.25, 0.3) is 10.7 Å². The molecule has 1 N–H and O–H groups in total. The Balaban J connectivity index is 1.22. The highest BCUT2D eigenvalue weighted by atomic mass is 32.1. The van der Waals surface area contributed by atoms with Crippen LogP contribution < -0.4 is 5.32 Å². The van der Waals surface area contributed by atoms with E-state index in [0.717, 1.165) is 10.4 Å². The minimum Gasteiger partial charge on any atom is -0.338 e. The lowest BCUT2D eigenvalue weighted by Gasteiger charge is -2.36.